The lowest BCUT2D eigenvalue weighted by atomic mass is 10.1. The maximum Gasteiger partial charge on any atom is 0.573 e. The molecule has 0 saturated carbocycles. The zero-order valence-electron chi connectivity index (χ0n) is 19.0. The molecule has 35 heavy (non-hydrogen) atoms. The van der Waals surface area contributed by atoms with E-state index in [9.17, 15) is 18.0 Å². The van der Waals surface area contributed by atoms with Gasteiger partial charge < -0.3 is 24.1 Å². The number of aliphatic carboxylic acids is 1. The number of hydrogen-bond donors (Lipinski definition) is 1. The number of rotatable bonds is 12. The minimum Gasteiger partial charge on any atom is -0.493 e. The first kappa shape index (κ1) is 25.9. The molecule has 0 bridgehead atoms. The zero-order valence-corrected chi connectivity index (χ0v) is 19.0. The van der Waals surface area contributed by atoms with E-state index in [-0.39, 0.29) is 18.8 Å². The Kier molecular flexibility index (Phi) is 8.97. The van der Waals surface area contributed by atoms with Crippen LogP contribution in [-0.4, -0.2) is 43.9 Å². The van der Waals surface area contributed by atoms with Gasteiger partial charge in [-0.2, -0.15) is 0 Å². The predicted molar refractivity (Wildman–Crippen MR) is 123 cm³/mol. The second-order valence-electron chi connectivity index (χ2n) is 7.54. The van der Waals surface area contributed by atoms with E-state index in [4.69, 9.17) is 19.3 Å². The SMILES string of the molecule is COC(Cc1ccc(OCCCOc2ccc(-c3ccccc3)cc2)c(OC(F)(F)F)c1)C(=O)O. The highest BCUT2D eigenvalue weighted by atomic mass is 19.4. The lowest BCUT2D eigenvalue weighted by molar-refractivity contribution is -0.275. The van der Waals surface area contributed by atoms with Crippen LogP contribution < -0.4 is 14.2 Å². The average Bonchev–Trinajstić information content (AvgIpc) is 2.83. The van der Waals surface area contributed by atoms with E-state index in [1.807, 2.05) is 54.6 Å². The fourth-order valence-corrected chi connectivity index (χ4v) is 3.29. The van der Waals surface area contributed by atoms with Crippen LogP contribution in [0.15, 0.2) is 72.8 Å². The normalized spacial score (nSPS) is 12.1. The molecule has 0 saturated heterocycles. The van der Waals surface area contributed by atoms with Gasteiger partial charge >= 0.3 is 12.3 Å². The molecule has 1 atom stereocenters. The second-order valence-corrected chi connectivity index (χ2v) is 7.54. The molecular formula is C26H25F3O6. The van der Waals surface area contributed by atoms with Crippen molar-refractivity contribution in [3.63, 3.8) is 0 Å². The van der Waals surface area contributed by atoms with Crippen molar-refractivity contribution in [1.29, 1.82) is 0 Å². The first-order valence-corrected chi connectivity index (χ1v) is 10.8. The first-order valence-electron chi connectivity index (χ1n) is 10.8. The third kappa shape index (κ3) is 8.22. The summed E-state index contributed by atoms with van der Waals surface area (Å²) in [6.07, 6.45) is -5.84. The summed E-state index contributed by atoms with van der Waals surface area (Å²) in [6.45, 7) is 0.387. The molecule has 0 aliphatic rings. The maximum atomic E-state index is 12.9. The number of carboxylic acids is 1. The quantitative estimate of drug-likeness (QED) is 0.326. The topological polar surface area (TPSA) is 74.2 Å². The summed E-state index contributed by atoms with van der Waals surface area (Å²) >= 11 is 0. The molecule has 6 nitrogen and oxygen atoms in total. The van der Waals surface area contributed by atoms with Crippen LogP contribution in [0.1, 0.15) is 12.0 Å². The fourth-order valence-electron chi connectivity index (χ4n) is 3.29. The van der Waals surface area contributed by atoms with E-state index in [2.05, 4.69) is 4.74 Å². The van der Waals surface area contributed by atoms with E-state index in [0.29, 0.717) is 24.3 Å². The van der Waals surface area contributed by atoms with Crippen molar-refractivity contribution < 1.29 is 42.0 Å². The van der Waals surface area contributed by atoms with Crippen molar-refractivity contribution in [1.82, 2.24) is 0 Å². The first-order chi connectivity index (χ1) is 16.7. The number of methoxy groups -OCH3 is 1. The largest absolute Gasteiger partial charge is 0.573 e. The Balaban J connectivity index is 1.54. The molecule has 0 amide bonds. The highest BCUT2D eigenvalue weighted by Gasteiger charge is 2.33. The Labute approximate surface area is 200 Å². The molecule has 0 aromatic heterocycles. The van der Waals surface area contributed by atoms with Gasteiger partial charge in [-0.05, 0) is 41.0 Å². The van der Waals surface area contributed by atoms with Crippen molar-refractivity contribution in [2.75, 3.05) is 20.3 Å². The maximum absolute atomic E-state index is 12.9. The van der Waals surface area contributed by atoms with E-state index in [1.54, 1.807) is 0 Å². The molecule has 0 aliphatic heterocycles. The molecule has 3 aromatic rings. The molecular weight excluding hydrogens is 465 g/mol. The van der Waals surface area contributed by atoms with E-state index < -0.39 is 24.2 Å². The van der Waals surface area contributed by atoms with Crippen molar-refractivity contribution in [3.8, 4) is 28.4 Å². The number of halogens is 3. The van der Waals surface area contributed by atoms with Gasteiger partial charge in [0.05, 0.1) is 13.2 Å². The van der Waals surface area contributed by atoms with Crippen LogP contribution in [0, 0.1) is 0 Å². The Bertz CT molecular complexity index is 1080. The standard InChI is InChI=1S/C26H25F3O6/c1-32-24(25(30)31)17-18-8-13-22(23(16-18)35-26(27,28)29)34-15-5-14-33-21-11-9-20(10-12-21)19-6-3-2-4-7-19/h2-4,6-13,16,24H,5,14-15,17H2,1H3,(H,30,31). The highest BCUT2D eigenvalue weighted by Crippen LogP contribution is 2.34. The molecule has 1 N–H and O–H groups in total. The minimum absolute atomic E-state index is 0.0888. The number of hydrogen-bond acceptors (Lipinski definition) is 5. The molecule has 0 aliphatic carbocycles. The van der Waals surface area contributed by atoms with Gasteiger partial charge in [0.2, 0.25) is 0 Å². The Morgan fingerprint density at radius 1 is 0.886 bits per heavy atom. The number of ether oxygens (including phenoxy) is 4. The lowest BCUT2D eigenvalue weighted by Crippen LogP contribution is -2.25. The third-order valence-electron chi connectivity index (χ3n) is 4.99. The van der Waals surface area contributed by atoms with Crippen LogP contribution in [0.5, 0.6) is 17.2 Å². The third-order valence-corrected chi connectivity index (χ3v) is 4.99. The molecule has 3 aromatic carbocycles. The van der Waals surface area contributed by atoms with Gasteiger partial charge in [-0.25, -0.2) is 4.79 Å². The van der Waals surface area contributed by atoms with Crippen molar-refractivity contribution in [2.24, 2.45) is 0 Å². The van der Waals surface area contributed by atoms with Crippen LogP contribution in [0.3, 0.4) is 0 Å². The molecule has 0 heterocycles. The molecule has 9 heteroatoms. The summed E-state index contributed by atoms with van der Waals surface area (Å²) in [7, 11) is 1.21. The summed E-state index contributed by atoms with van der Waals surface area (Å²) in [6, 6.07) is 21.4. The summed E-state index contributed by atoms with van der Waals surface area (Å²) in [5.74, 6) is -1.21. The van der Waals surface area contributed by atoms with Gasteiger partial charge in [0, 0.05) is 20.0 Å². The van der Waals surface area contributed by atoms with Gasteiger partial charge in [-0.3, -0.25) is 0 Å². The van der Waals surface area contributed by atoms with Crippen LogP contribution in [0.4, 0.5) is 13.2 Å². The lowest BCUT2D eigenvalue weighted by Gasteiger charge is -2.17. The minimum atomic E-state index is -4.93. The summed E-state index contributed by atoms with van der Waals surface area (Å²) in [5, 5.41) is 9.09. The zero-order chi connectivity index (χ0) is 25.3. The van der Waals surface area contributed by atoms with Crippen LogP contribution in [0.2, 0.25) is 0 Å². The van der Waals surface area contributed by atoms with Crippen LogP contribution >= 0.6 is 0 Å². The van der Waals surface area contributed by atoms with E-state index in [0.717, 1.165) is 17.2 Å². The monoisotopic (exact) mass is 490 g/mol. The number of alkyl halides is 3. The molecule has 0 radical (unpaired) electrons. The van der Waals surface area contributed by atoms with Gasteiger partial charge in [0.25, 0.3) is 0 Å². The smallest absolute Gasteiger partial charge is 0.493 e. The van der Waals surface area contributed by atoms with Gasteiger partial charge in [-0.1, -0.05) is 48.5 Å². The van der Waals surface area contributed by atoms with E-state index >= 15 is 0 Å². The van der Waals surface area contributed by atoms with Gasteiger partial charge in [0.1, 0.15) is 5.75 Å². The summed E-state index contributed by atoms with van der Waals surface area (Å²) in [4.78, 5) is 11.1. The van der Waals surface area contributed by atoms with E-state index in [1.165, 1.54) is 19.2 Å². The average molecular weight is 490 g/mol. The molecule has 0 fully saturated rings. The second kappa shape index (κ2) is 12.1. The summed E-state index contributed by atoms with van der Waals surface area (Å²) in [5.41, 5.74) is 2.45. The van der Waals surface area contributed by atoms with Gasteiger partial charge in [0.15, 0.2) is 17.6 Å². The molecule has 0 spiro atoms. The van der Waals surface area contributed by atoms with Crippen molar-refractivity contribution >= 4 is 5.97 Å². The summed E-state index contributed by atoms with van der Waals surface area (Å²) < 4.78 is 58.7. The van der Waals surface area contributed by atoms with Crippen molar-refractivity contribution in [2.45, 2.75) is 25.3 Å². The molecule has 1 unspecified atom stereocenters. The highest BCUT2D eigenvalue weighted by molar-refractivity contribution is 5.72. The Hall–Kier alpha value is -3.72. The molecule has 3 rings (SSSR count). The predicted octanol–water partition coefficient (Wildman–Crippen LogP) is 5.74. The van der Waals surface area contributed by atoms with Crippen LogP contribution in [0.25, 0.3) is 11.1 Å². The Morgan fingerprint density at radius 3 is 2.17 bits per heavy atom. The molecule has 186 valence electrons. The number of carboxylic acid groups (broad SMARTS) is 1. The van der Waals surface area contributed by atoms with Crippen molar-refractivity contribution in [3.05, 3.63) is 78.4 Å². The van der Waals surface area contributed by atoms with Crippen LogP contribution in [-0.2, 0) is 16.0 Å². The van der Waals surface area contributed by atoms with Gasteiger partial charge in [-0.15, -0.1) is 13.2 Å². The number of benzene rings is 3. The number of carbonyl (C=O) groups is 1. The fraction of sp³-hybridized carbons (Fsp3) is 0.269. The Morgan fingerprint density at radius 2 is 1.54 bits per heavy atom.